The minimum Gasteiger partial charge on any atom is -0.662 e. The maximum atomic E-state index is 12.7. The molecule has 1 spiro atoms. The Bertz CT molecular complexity index is 728. The van der Waals surface area contributed by atoms with E-state index in [1.165, 1.54) is 90.4 Å². The number of piperidine rings is 3. The Morgan fingerprint density at radius 1 is 0.778 bits per heavy atom. The van der Waals surface area contributed by atoms with Gasteiger partial charge in [-0.05, 0) is 122 Å². The third-order valence-electron chi connectivity index (χ3n) is 11.6. The van der Waals surface area contributed by atoms with E-state index in [-0.39, 0.29) is 78.3 Å². The zero-order valence-corrected chi connectivity index (χ0v) is 36.8. The zero-order chi connectivity index (χ0) is 30.4. The molecule has 0 aromatic heterocycles. The van der Waals surface area contributed by atoms with E-state index in [1.807, 2.05) is 13.8 Å². The second-order valence-corrected chi connectivity index (χ2v) is 14.3. The number of hydrogen-bond donors (Lipinski definition) is 0. The number of carbonyl (C=O) groups excluding carboxylic acids is 1. The van der Waals surface area contributed by atoms with Crippen molar-refractivity contribution in [2.24, 2.45) is 23.2 Å². The van der Waals surface area contributed by atoms with Crippen LogP contribution in [0.5, 0.6) is 0 Å². The zero-order valence-electron chi connectivity index (χ0n) is 31.1. The molecule has 0 N–H and O–H groups in total. The second-order valence-electron chi connectivity index (χ2n) is 14.3. The van der Waals surface area contributed by atoms with E-state index in [2.05, 4.69) is 52.9 Å². The van der Waals surface area contributed by atoms with Crippen molar-refractivity contribution in [3.8, 4) is 0 Å². The molecule has 1 aliphatic carbocycles. The first-order valence-electron chi connectivity index (χ1n) is 18.5. The van der Waals surface area contributed by atoms with Crippen LogP contribution in [0.15, 0.2) is 0 Å². The van der Waals surface area contributed by atoms with Crippen LogP contribution in [-0.2, 0) is 70.2 Å². The predicted octanol–water partition coefficient (Wildman–Crippen LogP) is 7.58. The molecule has 5 rings (SSSR count). The van der Waals surface area contributed by atoms with Gasteiger partial charge in [-0.2, -0.15) is 0 Å². The monoisotopic (exact) mass is 781 g/mol. The molecule has 6 nitrogen and oxygen atoms in total. The van der Waals surface area contributed by atoms with Gasteiger partial charge >= 0.3 is 0 Å². The summed E-state index contributed by atoms with van der Waals surface area (Å²) in [5, 5.41) is 4.45. The van der Waals surface area contributed by atoms with Crippen LogP contribution >= 0.6 is 0 Å². The van der Waals surface area contributed by atoms with Crippen molar-refractivity contribution in [1.82, 2.24) is 19.6 Å². The molecule has 0 unspecified atom stereocenters. The van der Waals surface area contributed by atoms with E-state index in [9.17, 15) is 4.79 Å². The molecule has 0 aromatic carbocycles. The standard InChI is InChI=1S/C19H35N3O.C15H29N2.C2H6.CH3.2Y/c1-3-10-22-16-9-19(18(22)23)7-14-21(15-8-19)13-6-17-4-11-20(2)12-5-17;1-3-13-4-6-14(7-5-13)12-17(2)15-8-10-16-11-9-15;1-2;;;/h17H,3-16H2,1-2H3;13-15H,3-12H2,1-2H3;1-2H3;1H3;;/q;-1;;-1;;. The number of nitrogens with zero attached hydrogens (tertiary/aromatic N) is 5. The largest absolute Gasteiger partial charge is 0.662 e. The summed E-state index contributed by atoms with van der Waals surface area (Å²) in [6.45, 7) is 20.1. The fourth-order valence-corrected chi connectivity index (χ4v) is 8.32. The van der Waals surface area contributed by atoms with Crippen molar-refractivity contribution >= 4 is 5.91 Å². The smallest absolute Gasteiger partial charge is 0.228 e. The van der Waals surface area contributed by atoms with Crippen LogP contribution in [-0.4, -0.2) is 111 Å². The van der Waals surface area contributed by atoms with Crippen LogP contribution in [0, 0.1) is 30.6 Å². The van der Waals surface area contributed by atoms with E-state index in [4.69, 9.17) is 0 Å². The molecule has 5 fully saturated rings. The first-order valence-corrected chi connectivity index (χ1v) is 18.5. The van der Waals surface area contributed by atoms with Crippen LogP contribution in [0.3, 0.4) is 0 Å². The molecule has 1 amide bonds. The molecule has 5 aliphatic rings. The van der Waals surface area contributed by atoms with E-state index in [0.717, 1.165) is 88.7 Å². The average Bonchev–Trinajstić information content (AvgIpc) is 3.34. The fraction of sp³-hybridized carbons (Fsp3) is 0.946. The van der Waals surface area contributed by atoms with Crippen molar-refractivity contribution in [2.45, 2.75) is 124 Å². The molecular formula is C37H73N5OY2-2. The van der Waals surface area contributed by atoms with Crippen molar-refractivity contribution in [3.63, 3.8) is 0 Å². The third kappa shape index (κ3) is 15.1. The Balaban J connectivity index is 0.000000793. The van der Waals surface area contributed by atoms with Crippen LogP contribution in [0.25, 0.3) is 5.32 Å². The second kappa shape index (κ2) is 25.5. The van der Waals surface area contributed by atoms with Gasteiger partial charge < -0.3 is 32.3 Å². The summed E-state index contributed by atoms with van der Waals surface area (Å²) in [5.41, 5.74) is 0.0131. The summed E-state index contributed by atoms with van der Waals surface area (Å²) in [6, 6.07) is 0.816. The van der Waals surface area contributed by atoms with Gasteiger partial charge in [0.25, 0.3) is 0 Å². The van der Waals surface area contributed by atoms with Gasteiger partial charge in [0.05, 0.1) is 5.41 Å². The van der Waals surface area contributed by atoms with Crippen molar-refractivity contribution in [1.29, 1.82) is 0 Å². The van der Waals surface area contributed by atoms with E-state index in [0.29, 0.717) is 5.91 Å². The number of likely N-dealkylation sites (tertiary alicyclic amines) is 3. The summed E-state index contributed by atoms with van der Waals surface area (Å²) in [7, 11) is 4.57. The maximum absolute atomic E-state index is 12.7. The Morgan fingerprint density at radius 3 is 1.89 bits per heavy atom. The van der Waals surface area contributed by atoms with Crippen molar-refractivity contribution in [3.05, 3.63) is 12.7 Å². The summed E-state index contributed by atoms with van der Waals surface area (Å²) in [6.07, 6.45) is 18.4. The van der Waals surface area contributed by atoms with Gasteiger partial charge in [0.1, 0.15) is 0 Å². The van der Waals surface area contributed by atoms with Gasteiger partial charge in [-0.25, -0.2) is 0 Å². The number of hydrogen-bond acceptors (Lipinski definition) is 4. The van der Waals surface area contributed by atoms with Gasteiger partial charge in [0.15, 0.2) is 0 Å². The van der Waals surface area contributed by atoms with Gasteiger partial charge in [-0.3, -0.25) is 4.79 Å². The summed E-state index contributed by atoms with van der Waals surface area (Å²) in [5.74, 6) is 3.40. The summed E-state index contributed by atoms with van der Waals surface area (Å²) < 4.78 is 0. The molecule has 1 saturated carbocycles. The Kier molecular flexibility index (Phi) is 26.3. The normalized spacial score (nSPS) is 26.1. The van der Waals surface area contributed by atoms with Crippen LogP contribution in [0.2, 0.25) is 0 Å². The minimum atomic E-state index is 0. The van der Waals surface area contributed by atoms with Crippen molar-refractivity contribution < 1.29 is 70.2 Å². The molecule has 45 heavy (non-hydrogen) atoms. The SMILES string of the molecule is CC.CCC1CCC(CN(C)C2CC[N-]CC2)CC1.CCCN1CCC2(CCN(CCC3CCN(C)CC3)CC2)C1=O.[CH3-].[Y].[Y]. The van der Waals surface area contributed by atoms with Gasteiger partial charge in [-0.1, -0.05) is 59.8 Å². The van der Waals surface area contributed by atoms with E-state index < -0.39 is 0 Å². The van der Waals surface area contributed by atoms with Crippen LogP contribution < -0.4 is 0 Å². The minimum absolute atomic E-state index is 0. The molecule has 260 valence electrons. The van der Waals surface area contributed by atoms with E-state index in [1.54, 1.807) is 0 Å². The fourth-order valence-electron chi connectivity index (χ4n) is 8.32. The van der Waals surface area contributed by atoms with Gasteiger partial charge in [-0.15, -0.1) is 13.1 Å². The van der Waals surface area contributed by atoms with Crippen LogP contribution in [0.1, 0.15) is 118 Å². The molecule has 2 radical (unpaired) electrons. The van der Waals surface area contributed by atoms with Gasteiger partial charge in [0, 0.05) is 91.1 Å². The molecule has 0 atom stereocenters. The summed E-state index contributed by atoms with van der Waals surface area (Å²) >= 11 is 0. The molecular weight excluding hydrogens is 708 g/mol. The van der Waals surface area contributed by atoms with E-state index >= 15 is 0 Å². The predicted molar refractivity (Wildman–Crippen MR) is 187 cm³/mol. The number of rotatable bonds is 9. The van der Waals surface area contributed by atoms with Gasteiger partial charge in [0.2, 0.25) is 5.91 Å². The number of carbonyl (C=O) groups is 1. The first kappa shape index (κ1) is 46.5. The molecule has 0 bridgehead atoms. The Hall–Kier alpha value is 1.52. The van der Waals surface area contributed by atoms with Crippen LogP contribution in [0.4, 0.5) is 0 Å². The quantitative estimate of drug-likeness (QED) is 0.227. The first-order chi connectivity index (χ1) is 20.4. The molecule has 4 saturated heterocycles. The van der Waals surface area contributed by atoms with Crippen molar-refractivity contribution in [2.75, 3.05) is 79.5 Å². The topological polar surface area (TPSA) is 44.1 Å². The molecule has 4 heterocycles. The molecule has 8 heteroatoms. The maximum Gasteiger partial charge on any atom is 0.228 e. The molecule has 4 aliphatic heterocycles. The number of amides is 1. The Labute approximate surface area is 331 Å². The molecule has 0 aromatic rings. The third-order valence-corrected chi connectivity index (χ3v) is 11.6. The summed E-state index contributed by atoms with van der Waals surface area (Å²) in [4.78, 5) is 22.5. The average molecular weight is 782 g/mol. The Morgan fingerprint density at radius 2 is 1.33 bits per heavy atom.